The van der Waals surface area contributed by atoms with E-state index in [1.165, 1.54) is 24.1 Å². The molecule has 0 saturated heterocycles. The van der Waals surface area contributed by atoms with E-state index in [4.69, 9.17) is 0 Å². The zero-order chi connectivity index (χ0) is 17.6. The monoisotopic (exact) mass is 305 g/mol. The maximum Gasteiger partial charge on any atom is 0.0241 e. The molecule has 0 saturated carbocycles. The summed E-state index contributed by atoms with van der Waals surface area (Å²) in [5.41, 5.74) is 5.20. The van der Waals surface area contributed by atoms with Gasteiger partial charge >= 0.3 is 0 Å². The normalized spacial score (nSPS) is 15.0. The second-order valence-electron chi connectivity index (χ2n) is 7.54. The third-order valence-electron chi connectivity index (χ3n) is 4.02. The molecule has 0 bridgehead atoms. The second kappa shape index (κ2) is 8.72. The van der Waals surface area contributed by atoms with Gasteiger partial charge in [-0.05, 0) is 49.3 Å². The first-order valence-corrected chi connectivity index (χ1v) is 9.06. The van der Waals surface area contributed by atoms with Gasteiger partial charge in [-0.3, -0.25) is 4.90 Å². The van der Waals surface area contributed by atoms with Crippen LogP contribution in [-0.4, -0.2) is 17.0 Å². The fourth-order valence-electron chi connectivity index (χ4n) is 2.88. The van der Waals surface area contributed by atoms with Crippen LogP contribution >= 0.6 is 0 Å². The van der Waals surface area contributed by atoms with Crippen LogP contribution in [0.4, 0.5) is 0 Å². The number of fused-ring (bicyclic) bond motifs is 1. The summed E-state index contributed by atoms with van der Waals surface area (Å²) in [6.07, 6.45) is 1.19. The summed E-state index contributed by atoms with van der Waals surface area (Å²) in [5.74, 6) is 0. The van der Waals surface area contributed by atoms with Crippen LogP contribution < -0.4 is 0 Å². The molecule has 0 unspecified atom stereocenters. The van der Waals surface area contributed by atoms with Gasteiger partial charge in [-0.15, -0.1) is 0 Å². The van der Waals surface area contributed by atoms with Crippen LogP contribution in [0, 0.1) is 0 Å². The van der Waals surface area contributed by atoms with Crippen molar-refractivity contribution >= 4 is 0 Å². The standard InChI is InChI=1S/C17H27N.2C2H6/c1-16(2,3)15-9-7-8-13-12-18(17(4,5)6)11-10-14(13)15;2*1-2/h7-9H,10-12H2,1-6H3;2*1-2H3. The van der Waals surface area contributed by atoms with E-state index in [0.717, 1.165) is 6.54 Å². The van der Waals surface area contributed by atoms with Gasteiger partial charge in [-0.1, -0.05) is 66.7 Å². The Balaban J connectivity index is 0.00000102. The summed E-state index contributed by atoms with van der Waals surface area (Å²) >= 11 is 0. The predicted octanol–water partition coefficient (Wildman–Crippen LogP) is 6.19. The Kier molecular flexibility index (Phi) is 8.39. The SMILES string of the molecule is CC.CC.CC(C)(C)c1cccc2c1CCN(C(C)(C)C)C2. The van der Waals surface area contributed by atoms with Crippen molar-refractivity contribution in [1.29, 1.82) is 0 Å². The average molecular weight is 306 g/mol. The molecule has 128 valence electrons. The summed E-state index contributed by atoms with van der Waals surface area (Å²) in [4.78, 5) is 2.59. The molecule has 0 aromatic heterocycles. The van der Waals surface area contributed by atoms with Crippen LogP contribution in [0.1, 0.15) is 85.9 Å². The molecule has 1 heterocycles. The Bertz CT molecular complexity index is 432. The van der Waals surface area contributed by atoms with E-state index < -0.39 is 0 Å². The van der Waals surface area contributed by atoms with Crippen LogP contribution in [0.2, 0.25) is 0 Å². The number of benzene rings is 1. The maximum absolute atomic E-state index is 2.59. The summed E-state index contributed by atoms with van der Waals surface area (Å²) in [6, 6.07) is 6.85. The molecule has 0 aliphatic carbocycles. The first kappa shape index (κ1) is 21.2. The molecule has 22 heavy (non-hydrogen) atoms. The molecule has 0 N–H and O–H groups in total. The number of hydrogen-bond acceptors (Lipinski definition) is 1. The van der Waals surface area contributed by atoms with Gasteiger partial charge in [-0.25, -0.2) is 0 Å². The Morgan fingerprint density at radius 2 is 1.41 bits per heavy atom. The number of nitrogens with zero attached hydrogens (tertiary/aromatic N) is 1. The molecule has 0 amide bonds. The van der Waals surface area contributed by atoms with E-state index >= 15 is 0 Å². The highest BCUT2D eigenvalue weighted by atomic mass is 15.2. The minimum absolute atomic E-state index is 0.259. The van der Waals surface area contributed by atoms with Gasteiger partial charge in [0.15, 0.2) is 0 Å². The first-order valence-electron chi connectivity index (χ1n) is 9.06. The van der Waals surface area contributed by atoms with E-state index in [1.54, 1.807) is 5.56 Å². The molecule has 1 aromatic carbocycles. The van der Waals surface area contributed by atoms with E-state index in [0.29, 0.717) is 0 Å². The number of hydrogen-bond donors (Lipinski definition) is 0. The Morgan fingerprint density at radius 1 is 0.864 bits per heavy atom. The summed E-state index contributed by atoms with van der Waals surface area (Å²) < 4.78 is 0. The topological polar surface area (TPSA) is 3.24 Å². The van der Waals surface area contributed by atoms with Crippen molar-refractivity contribution in [2.75, 3.05) is 6.54 Å². The molecule has 1 nitrogen and oxygen atoms in total. The van der Waals surface area contributed by atoms with Gasteiger partial charge in [0, 0.05) is 18.6 Å². The van der Waals surface area contributed by atoms with Gasteiger partial charge < -0.3 is 0 Å². The van der Waals surface area contributed by atoms with Gasteiger partial charge in [0.2, 0.25) is 0 Å². The largest absolute Gasteiger partial charge is 0.294 e. The van der Waals surface area contributed by atoms with Crippen LogP contribution in [0.5, 0.6) is 0 Å². The van der Waals surface area contributed by atoms with Crippen molar-refractivity contribution in [3.8, 4) is 0 Å². The van der Waals surface area contributed by atoms with Gasteiger partial charge in [0.05, 0.1) is 0 Å². The molecule has 1 aromatic rings. The molecule has 0 fully saturated rings. The van der Waals surface area contributed by atoms with Gasteiger partial charge in [-0.2, -0.15) is 0 Å². The lowest BCUT2D eigenvalue weighted by atomic mass is 9.79. The molecule has 1 aliphatic rings. The lowest BCUT2D eigenvalue weighted by molar-refractivity contribution is 0.120. The van der Waals surface area contributed by atoms with Gasteiger partial charge in [0.25, 0.3) is 0 Å². The van der Waals surface area contributed by atoms with Crippen molar-refractivity contribution < 1.29 is 0 Å². The lowest BCUT2D eigenvalue weighted by Crippen LogP contribution is -2.44. The third-order valence-corrected chi connectivity index (χ3v) is 4.02. The fourth-order valence-corrected chi connectivity index (χ4v) is 2.88. The molecule has 0 spiro atoms. The summed E-state index contributed by atoms with van der Waals surface area (Å²) in [7, 11) is 0. The van der Waals surface area contributed by atoms with Gasteiger partial charge in [0.1, 0.15) is 0 Å². The minimum atomic E-state index is 0.259. The van der Waals surface area contributed by atoms with E-state index in [2.05, 4.69) is 64.6 Å². The maximum atomic E-state index is 2.59. The molecule has 1 aliphatic heterocycles. The van der Waals surface area contributed by atoms with E-state index in [-0.39, 0.29) is 11.0 Å². The lowest BCUT2D eigenvalue weighted by Gasteiger charge is -2.40. The van der Waals surface area contributed by atoms with Crippen LogP contribution in [0.25, 0.3) is 0 Å². The molecule has 0 radical (unpaired) electrons. The van der Waals surface area contributed by atoms with E-state index in [9.17, 15) is 0 Å². The first-order chi connectivity index (χ1) is 10.2. The highest BCUT2D eigenvalue weighted by Gasteiger charge is 2.28. The zero-order valence-electron chi connectivity index (χ0n) is 16.8. The van der Waals surface area contributed by atoms with Crippen molar-refractivity contribution in [1.82, 2.24) is 4.90 Å². The molecular weight excluding hydrogens is 266 g/mol. The van der Waals surface area contributed by atoms with Crippen LogP contribution in [-0.2, 0) is 18.4 Å². The highest BCUT2D eigenvalue weighted by molar-refractivity contribution is 5.40. The second-order valence-corrected chi connectivity index (χ2v) is 7.54. The zero-order valence-corrected chi connectivity index (χ0v) is 16.8. The smallest absolute Gasteiger partial charge is 0.0241 e. The van der Waals surface area contributed by atoms with Crippen molar-refractivity contribution in [2.45, 2.75) is 93.2 Å². The van der Waals surface area contributed by atoms with Crippen LogP contribution in [0.15, 0.2) is 18.2 Å². The van der Waals surface area contributed by atoms with Crippen LogP contribution in [0.3, 0.4) is 0 Å². The fraction of sp³-hybridized carbons (Fsp3) is 0.714. The Hall–Kier alpha value is -0.820. The number of rotatable bonds is 0. The Morgan fingerprint density at radius 3 is 1.86 bits per heavy atom. The summed E-state index contributed by atoms with van der Waals surface area (Å²) in [5, 5.41) is 0. The van der Waals surface area contributed by atoms with Crippen molar-refractivity contribution in [2.24, 2.45) is 0 Å². The molecular formula is C21H39N. The molecule has 2 rings (SSSR count). The third kappa shape index (κ3) is 5.43. The van der Waals surface area contributed by atoms with E-state index in [1.807, 2.05) is 27.7 Å². The minimum Gasteiger partial charge on any atom is -0.294 e. The quantitative estimate of drug-likeness (QED) is 0.552. The highest BCUT2D eigenvalue weighted by Crippen LogP contribution is 2.33. The Labute approximate surface area is 140 Å². The molecule has 1 heteroatoms. The van der Waals surface area contributed by atoms with Crippen molar-refractivity contribution in [3.05, 3.63) is 34.9 Å². The van der Waals surface area contributed by atoms with Crippen molar-refractivity contribution in [3.63, 3.8) is 0 Å². The summed E-state index contributed by atoms with van der Waals surface area (Å²) in [6.45, 7) is 24.2. The average Bonchev–Trinajstić information content (AvgIpc) is 2.48. The molecule has 0 atom stereocenters. The predicted molar refractivity (Wildman–Crippen MR) is 102 cm³/mol.